The fourth-order valence-electron chi connectivity index (χ4n) is 7.18. The third-order valence-electron chi connectivity index (χ3n) is 8.56. The molecule has 2 aliphatic heterocycles. The quantitative estimate of drug-likeness (QED) is 0.226. The topological polar surface area (TPSA) is 37.4 Å². The molecule has 0 spiro atoms. The Morgan fingerprint density at radius 1 is 0.675 bits per heavy atom. The van der Waals surface area contributed by atoms with Gasteiger partial charge in [-0.05, 0) is 48.6 Å². The molecule has 4 atom stereocenters. The minimum Gasteiger partial charge on any atom is -0.309 e. The van der Waals surface area contributed by atoms with Crippen LogP contribution in [0, 0.1) is 0 Å². The standard InChI is InChI=1S/C35H37NO2P2/c1-26(2)39(37)32(28-20-12-7-13-21-28)31(27-18-10-6-11-19-27)35(30-24-16-9-17-25-30)33(29-22-14-8-15-23-29)36(34(3,4)5)40(35,39)38/h6-26,33H,1-5H3. The van der Waals surface area contributed by atoms with Crippen LogP contribution in [0.1, 0.15) is 62.9 Å². The maximum absolute atomic E-state index is 16.6. The first-order valence-electron chi connectivity index (χ1n) is 14.1. The lowest BCUT2D eigenvalue weighted by atomic mass is 9.75. The second-order valence-corrected chi connectivity index (χ2v) is 20.5. The largest absolute Gasteiger partial charge is 0.309 e. The van der Waals surface area contributed by atoms with Gasteiger partial charge in [-0.15, -0.1) is 0 Å². The first kappa shape index (κ1) is 27.2. The second-order valence-electron chi connectivity index (χ2n) is 12.2. The van der Waals surface area contributed by atoms with Crippen LogP contribution in [0.3, 0.4) is 0 Å². The predicted molar refractivity (Wildman–Crippen MR) is 169 cm³/mol. The number of hydrogen-bond acceptors (Lipinski definition) is 2. The molecular weight excluding hydrogens is 528 g/mol. The molecule has 40 heavy (non-hydrogen) atoms. The molecule has 1 saturated heterocycles. The molecule has 0 aromatic heterocycles. The monoisotopic (exact) mass is 565 g/mol. The van der Waals surface area contributed by atoms with Crippen molar-refractivity contribution in [2.45, 2.75) is 57.0 Å². The van der Waals surface area contributed by atoms with E-state index < -0.39 is 24.5 Å². The maximum Gasteiger partial charge on any atom is 0.227 e. The summed E-state index contributed by atoms with van der Waals surface area (Å²) in [5.74, 6) is 0. The zero-order valence-electron chi connectivity index (χ0n) is 23.9. The molecule has 4 aromatic carbocycles. The molecule has 0 N–H and O–H groups in total. The normalized spacial score (nSPS) is 28.4. The third-order valence-corrected chi connectivity index (χ3v) is 20.9. The number of rotatable bonds is 5. The highest BCUT2D eigenvalue weighted by atomic mass is 32.1. The van der Waals surface area contributed by atoms with Crippen molar-refractivity contribution in [3.05, 3.63) is 144 Å². The van der Waals surface area contributed by atoms with Gasteiger partial charge in [0.1, 0.15) is 5.16 Å². The van der Waals surface area contributed by atoms with Crippen LogP contribution in [0.15, 0.2) is 121 Å². The predicted octanol–water partition coefficient (Wildman–Crippen LogP) is 10.3. The molecule has 6 rings (SSSR count). The van der Waals surface area contributed by atoms with Crippen LogP contribution in [0.5, 0.6) is 0 Å². The van der Waals surface area contributed by atoms with Crippen LogP contribution in [0.4, 0.5) is 0 Å². The van der Waals surface area contributed by atoms with E-state index in [1.807, 2.05) is 86.6 Å². The highest BCUT2D eigenvalue weighted by Gasteiger charge is 2.84. The van der Waals surface area contributed by atoms with Gasteiger partial charge in [-0.1, -0.05) is 135 Å². The lowest BCUT2D eigenvalue weighted by molar-refractivity contribution is 0.118. The minimum atomic E-state index is -3.67. The van der Waals surface area contributed by atoms with Crippen molar-refractivity contribution in [2.24, 2.45) is 0 Å². The zero-order valence-corrected chi connectivity index (χ0v) is 25.6. The summed E-state index contributed by atoms with van der Waals surface area (Å²) in [4.78, 5) is 0. The van der Waals surface area contributed by atoms with Gasteiger partial charge in [0, 0.05) is 16.5 Å². The maximum atomic E-state index is 16.6. The lowest BCUT2D eigenvalue weighted by Crippen LogP contribution is -2.60. The molecule has 0 amide bonds. The summed E-state index contributed by atoms with van der Waals surface area (Å²) >= 11 is 0. The number of fused-ring (bicyclic) bond motifs is 1. The Bertz CT molecular complexity index is 1660. The number of nitrogens with zero attached hydrogens (tertiary/aromatic N) is 1. The van der Waals surface area contributed by atoms with Crippen molar-refractivity contribution in [3.63, 3.8) is 0 Å². The van der Waals surface area contributed by atoms with E-state index in [0.717, 1.165) is 33.1 Å². The second kappa shape index (κ2) is 9.56. The molecule has 5 heteroatoms. The Kier molecular flexibility index (Phi) is 6.50. The van der Waals surface area contributed by atoms with Gasteiger partial charge in [-0.25, -0.2) is 4.67 Å². The van der Waals surface area contributed by atoms with E-state index >= 15 is 9.13 Å². The molecule has 0 saturated carbocycles. The van der Waals surface area contributed by atoms with Gasteiger partial charge in [0.15, 0.2) is 6.83 Å². The van der Waals surface area contributed by atoms with Gasteiger partial charge in [0.25, 0.3) is 0 Å². The highest BCUT2D eigenvalue weighted by molar-refractivity contribution is 8.41. The zero-order chi connectivity index (χ0) is 28.3. The smallest absolute Gasteiger partial charge is 0.227 e. The summed E-state index contributed by atoms with van der Waals surface area (Å²) in [5, 5.41) is -0.191. The summed E-state index contributed by atoms with van der Waals surface area (Å²) in [6.07, 6.45) is 0. The molecule has 4 unspecified atom stereocenters. The van der Waals surface area contributed by atoms with Gasteiger partial charge >= 0.3 is 0 Å². The van der Waals surface area contributed by atoms with Gasteiger partial charge in [0.05, 0.1) is 6.04 Å². The van der Waals surface area contributed by atoms with E-state index in [-0.39, 0.29) is 11.7 Å². The van der Waals surface area contributed by atoms with E-state index in [2.05, 4.69) is 74.0 Å². The van der Waals surface area contributed by atoms with Crippen LogP contribution in [0.2, 0.25) is 0 Å². The van der Waals surface area contributed by atoms with Gasteiger partial charge in [-0.2, -0.15) is 0 Å². The molecule has 0 radical (unpaired) electrons. The van der Waals surface area contributed by atoms with Crippen molar-refractivity contribution < 1.29 is 9.13 Å². The Balaban J connectivity index is 1.88. The lowest BCUT2D eigenvalue weighted by Gasteiger charge is -2.66. The van der Waals surface area contributed by atoms with Crippen LogP contribution in [0.25, 0.3) is 10.9 Å². The molecule has 0 aliphatic carbocycles. The molecule has 4 aromatic rings. The van der Waals surface area contributed by atoms with Crippen molar-refractivity contribution >= 4 is 24.7 Å². The SMILES string of the molecule is CC(C)P1(=O)C(c2ccccc2)=C(c2ccccc2)C2(c3ccccc3)C(c3ccccc3)N(C(C)(C)C)P21=O. The molecule has 2 heterocycles. The van der Waals surface area contributed by atoms with E-state index in [1.165, 1.54) is 0 Å². The molecule has 3 nitrogen and oxygen atoms in total. The van der Waals surface area contributed by atoms with Crippen LogP contribution >= 0.6 is 13.8 Å². The minimum absolute atomic E-state index is 0.259. The van der Waals surface area contributed by atoms with Crippen molar-refractivity contribution in [3.8, 4) is 0 Å². The number of hydrogen-bond donors (Lipinski definition) is 0. The summed E-state index contributed by atoms with van der Waals surface area (Å²) in [6.45, 7) is 3.14. The molecule has 1 fully saturated rings. The fraction of sp³-hybridized carbons (Fsp3) is 0.257. The first-order chi connectivity index (χ1) is 19.1. The van der Waals surface area contributed by atoms with E-state index in [9.17, 15) is 0 Å². The Hall–Kier alpha value is -2.96. The third kappa shape index (κ3) is 3.41. The first-order valence-corrected chi connectivity index (χ1v) is 18.2. The fourth-order valence-corrected chi connectivity index (χ4v) is 21.5. The molecule has 204 valence electrons. The Morgan fingerprint density at radius 3 is 1.60 bits per heavy atom. The summed E-state index contributed by atoms with van der Waals surface area (Å²) in [6, 6.07) is 40.8. The van der Waals surface area contributed by atoms with Gasteiger partial charge in [-0.3, -0.25) is 4.57 Å². The molecule has 0 bridgehead atoms. The van der Waals surface area contributed by atoms with Gasteiger partial charge in [0.2, 0.25) is 6.98 Å². The van der Waals surface area contributed by atoms with Crippen molar-refractivity contribution in [1.29, 1.82) is 0 Å². The molecule has 2 aliphatic rings. The van der Waals surface area contributed by atoms with Crippen molar-refractivity contribution in [2.75, 3.05) is 0 Å². The number of benzene rings is 4. The van der Waals surface area contributed by atoms with Crippen molar-refractivity contribution in [1.82, 2.24) is 4.67 Å². The van der Waals surface area contributed by atoms with Crippen LogP contribution < -0.4 is 0 Å². The summed E-state index contributed by atoms with van der Waals surface area (Å²) in [5.41, 5.74) is 4.10. The van der Waals surface area contributed by atoms with Crippen LogP contribution in [-0.2, 0) is 14.3 Å². The highest BCUT2D eigenvalue weighted by Crippen LogP contribution is 3.09. The van der Waals surface area contributed by atoms with Crippen LogP contribution in [-0.4, -0.2) is 15.9 Å². The Morgan fingerprint density at radius 2 is 1.12 bits per heavy atom. The average Bonchev–Trinajstić information content (AvgIpc) is 3.10. The van der Waals surface area contributed by atoms with E-state index in [0.29, 0.717) is 0 Å². The Labute approximate surface area is 238 Å². The average molecular weight is 566 g/mol. The van der Waals surface area contributed by atoms with Gasteiger partial charge < -0.3 is 4.57 Å². The summed E-state index contributed by atoms with van der Waals surface area (Å²) in [7, 11) is 0. The summed E-state index contributed by atoms with van der Waals surface area (Å²) < 4.78 is 35.0. The van der Waals surface area contributed by atoms with E-state index in [4.69, 9.17) is 0 Å². The molecular formula is C35H37NO2P2. The van der Waals surface area contributed by atoms with E-state index in [1.54, 1.807) is 0 Å².